The molecule has 0 aliphatic heterocycles. The number of ether oxygens (including phenoxy) is 1. The van der Waals surface area contributed by atoms with Crippen LogP contribution >= 0.6 is 0 Å². The van der Waals surface area contributed by atoms with Gasteiger partial charge in [-0.25, -0.2) is 4.98 Å². The zero-order chi connectivity index (χ0) is 11.1. The Bertz CT molecular complexity index is 291. The van der Waals surface area contributed by atoms with Crippen LogP contribution in [0.25, 0.3) is 0 Å². The third-order valence-electron chi connectivity index (χ3n) is 1.90. The molecule has 0 aliphatic rings. The monoisotopic (exact) mass is 210 g/mol. The maximum atomic E-state index is 5.00. The van der Waals surface area contributed by atoms with Gasteiger partial charge in [0.25, 0.3) is 0 Å². The number of methoxy groups -OCH3 is 1. The highest BCUT2D eigenvalue weighted by Crippen LogP contribution is 2.06. The third kappa shape index (κ3) is 4.60. The van der Waals surface area contributed by atoms with Crippen molar-refractivity contribution in [2.24, 2.45) is 0 Å². The van der Waals surface area contributed by atoms with Gasteiger partial charge < -0.3 is 15.0 Å². The van der Waals surface area contributed by atoms with E-state index in [0.717, 1.165) is 19.5 Å². The van der Waals surface area contributed by atoms with Crippen LogP contribution in [0.4, 0.5) is 5.95 Å². The Morgan fingerprint density at radius 1 is 1.47 bits per heavy atom. The van der Waals surface area contributed by atoms with Crippen LogP contribution in [0.5, 0.6) is 5.88 Å². The number of anilines is 1. The highest BCUT2D eigenvalue weighted by molar-refractivity contribution is 5.26. The van der Waals surface area contributed by atoms with Crippen molar-refractivity contribution in [2.75, 3.05) is 39.6 Å². The summed E-state index contributed by atoms with van der Waals surface area (Å²) in [6, 6.07) is 1.73. The lowest BCUT2D eigenvalue weighted by atomic mass is 10.4. The van der Waals surface area contributed by atoms with Gasteiger partial charge in [0.15, 0.2) is 0 Å². The van der Waals surface area contributed by atoms with Crippen molar-refractivity contribution in [3.05, 3.63) is 12.3 Å². The van der Waals surface area contributed by atoms with Gasteiger partial charge >= 0.3 is 0 Å². The van der Waals surface area contributed by atoms with Crippen molar-refractivity contribution >= 4 is 5.95 Å². The largest absolute Gasteiger partial charge is 0.481 e. The molecular weight excluding hydrogens is 192 g/mol. The fourth-order valence-electron chi connectivity index (χ4n) is 1.14. The first kappa shape index (κ1) is 11.7. The van der Waals surface area contributed by atoms with Gasteiger partial charge in [-0.3, -0.25) is 0 Å². The minimum Gasteiger partial charge on any atom is -0.481 e. The van der Waals surface area contributed by atoms with E-state index in [4.69, 9.17) is 4.74 Å². The fourth-order valence-corrected chi connectivity index (χ4v) is 1.14. The molecule has 0 bridgehead atoms. The van der Waals surface area contributed by atoms with Crippen LogP contribution in [0.2, 0.25) is 0 Å². The Kier molecular flexibility index (Phi) is 4.83. The molecule has 5 nitrogen and oxygen atoms in total. The van der Waals surface area contributed by atoms with E-state index in [1.807, 2.05) is 0 Å². The van der Waals surface area contributed by atoms with Gasteiger partial charge in [-0.1, -0.05) is 0 Å². The van der Waals surface area contributed by atoms with E-state index in [0.29, 0.717) is 11.8 Å². The molecule has 0 aromatic carbocycles. The predicted molar refractivity (Wildman–Crippen MR) is 60.2 cm³/mol. The Morgan fingerprint density at radius 2 is 2.27 bits per heavy atom. The molecule has 0 fully saturated rings. The van der Waals surface area contributed by atoms with Crippen molar-refractivity contribution in [1.82, 2.24) is 14.9 Å². The van der Waals surface area contributed by atoms with Gasteiger partial charge in [0.05, 0.1) is 7.11 Å². The van der Waals surface area contributed by atoms with Gasteiger partial charge in [-0.05, 0) is 27.1 Å². The van der Waals surface area contributed by atoms with Crippen LogP contribution in [-0.2, 0) is 0 Å². The van der Waals surface area contributed by atoms with E-state index in [1.54, 1.807) is 19.4 Å². The predicted octanol–water partition coefficient (Wildman–Crippen LogP) is 0.849. The zero-order valence-corrected chi connectivity index (χ0v) is 9.53. The van der Waals surface area contributed by atoms with Crippen molar-refractivity contribution in [3.63, 3.8) is 0 Å². The second-order valence-electron chi connectivity index (χ2n) is 3.51. The molecule has 0 radical (unpaired) electrons. The summed E-state index contributed by atoms with van der Waals surface area (Å²) in [7, 11) is 5.71. The molecule has 0 saturated carbocycles. The smallest absolute Gasteiger partial charge is 0.225 e. The van der Waals surface area contributed by atoms with E-state index < -0.39 is 0 Å². The number of hydrogen-bond donors (Lipinski definition) is 1. The number of nitrogens with zero attached hydrogens (tertiary/aromatic N) is 3. The van der Waals surface area contributed by atoms with Crippen LogP contribution in [0.15, 0.2) is 12.3 Å². The molecule has 5 heteroatoms. The molecule has 0 aliphatic carbocycles. The maximum Gasteiger partial charge on any atom is 0.225 e. The summed E-state index contributed by atoms with van der Waals surface area (Å²) in [6.45, 7) is 1.92. The quantitative estimate of drug-likeness (QED) is 0.705. The lowest BCUT2D eigenvalue weighted by Crippen LogP contribution is -2.17. The minimum absolute atomic E-state index is 0.583. The normalized spacial score (nSPS) is 10.4. The highest BCUT2D eigenvalue weighted by Gasteiger charge is 1.97. The van der Waals surface area contributed by atoms with Crippen LogP contribution in [0.1, 0.15) is 6.42 Å². The van der Waals surface area contributed by atoms with Crippen LogP contribution in [0, 0.1) is 0 Å². The van der Waals surface area contributed by atoms with Gasteiger partial charge in [-0.15, -0.1) is 0 Å². The highest BCUT2D eigenvalue weighted by atomic mass is 16.5. The molecule has 0 amide bonds. The zero-order valence-electron chi connectivity index (χ0n) is 9.53. The van der Waals surface area contributed by atoms with Crippen molar-refractivity contribution in [3.8, 4) is 5.88 Å². The van der Waals surface area contributed by atoms with E-state index >= 15 is 0 Å². The maximum absolute atomic E-state index is 5.00. The molecule has 1 rings (SSSR count). The molecule has 1 heterocycles. The van der Waals surface area contributed by atoms with E-state index in [2.05, 4.69) is 34.3 Å². The third-order valence-corrected chi connectivity index (χ3v) is 1.90. The summed E-state index contributed by atoms with van der Waals surface area (Å²) in [4.78, 5) is 10.4. The molecule has 0 saturated heterocycles. The molecular formula is C10H18N4O. The first-order valence-electron chi connectivity index (χ1n) is 4.98. The van der Waals surface area contributed by atoms with Crippen LogP contribution < -0.4 is 10.1 Å². The summed E-state index contributed by atoms with van der Waals surface area (Å²) < 4.78 is 5.00. The first-order chi connectivity index (χ1) is 7.22. The lowest BCUT2D eigenvalue weighted by molar-refractivity contribution is 0.396. The Labute approximate surface area is 90.5 Å². The molecule has 84 valence electrons. The summed E-state index contributed by atoms with van der Waals surface area (Å²) in [5.41, 5.74) is 0. The van der Waals surface area contributed by atoms with Gasteiger partial charge in [-0.2, -0.15) is 4.98 Å². The van der Waals surface area contributed by atoms with Crippen LogP contribution in [0.3, 0.4) is 0 Å². The number of rotatable bonds is 6. The second kappa shape index (κ2) is 6.19. The summed E-state index contributed by atoms with van der Waals surface area (Å²) in [5, 5.41) is 3.15. The van der Waals surface area contributed by atoms with E-state index in [-0.39, 0.29) is 0 Å². The molecule has 0 atom stereocenters. The number of aromatic nitrogens is 2. The number of hydrogen-bond acceptors (Lipinski definition) is 5. The van der Waals surface area contributed by atoms with Crippen molar-refractivity contribution in [2.45, 2.75) is 6.42 Å². The summed E-state index contributed by atoms with van der Waals surface area (Å²) in [5.74, 6) is 1.20. The topological polar surface area (TPSA) is 50.3 Å². The van der Waals surface area contributed by atoms with E-state index in [9.17, 15) is 0 Å². The summed E-state index contributed by atoms with van der Waals surface area (Å²) >= 11 is 0. The van der Waals surface area contributed by atoms with Crippen molar-refractivity contribution < 1.29 is 4.74 Å². The Morgan fingerprint density at radius 3 is 2.93 bits per heavy atom. The second-order valence-corrected chi connectivity index (χ2v) is 3.51. The molecule has 1 aromatic rings. The van der Waals surface area contributed by atoms with Gasteiger partial charge in [0, 0.05) is 18.8 Å². The standard InChI is InChI=1S/C10H18N4O/c1-14(2)8-4-6-11-10-12-7-5-9(13-10)15-3/h5,7H,4,6,8H2,1-3H3,(H,11,12,13). The molecule has 1 aromatic heterocycles. The SMILES string of the molecule is COc1ccnc(NCCCN(C)C)n1. The molecule has 15 heavy (non-hydrogen) atoms. The Hall–Kier alpha value is -1.36. The van der Waals surface area contributed by atoms with Crippen molar-refractivity contribution in [1.29, 1.82) is 0 Å². The summed E-state index contributed by atoms with van der Waals surface area (Å²) in [6.07, 6.45) is 2.74. The Balaban J connectivity index is 2.30. The number of nitrogens with one attached hydrogen (secondary N) is 1. The average molecular weight is 210 g/mol. The average Bonchev–Trinajstić information content (AvgIpc) is 2.24. The minimum atomic E-state index is 0.583. The molecule has 0 unspecified atom stereocenters. The lowest BCUT2D eigenvalue weighted by Gasteiger charge is -2.09. The van der Waals surface area contributed by atoms with Gasteiger partial charge in [0.1, 0.15) is 0 Å². The van der Waals surface area contributed by atoms with Gasteiger partial charge in [0.2, 0.25) is 11.8 Å². The van der Waals surface area contributed by atoms with Crippen LogP contribution in [-0.4, -0.2) is 49.2 Å². The molecule has 0 spiro atoms. The fraction of sp³-hybridized carbons (Fsp3) is 0.600. The molecule has 1 N–H and O–H groups in total. The first-order valence-corrected chi connectivity index (χ1v) is 4.98. The van der Waals surface area contributed by atoms with E-state index in [1.165, 1.54) is 0 Å².